The van der Waals surface area contributed by atoms with E-state index >= 15 is 0 Å². The number of nitrogens with zero attached hydrogens (tertiary/aromatic N) is 1. The molecule has 1 aliphatic heterocycles. The highest BCUT2D eigenvalue weighted by Gasteiger charge is 2.31. The van der Waals surface area contributed by atoms with Crippen LogP contribution < -0.4 is 4.72 Å². The Balaban J connectivity index is 2.19. The second-order valence-corrected chi connectivity index (χ2v) is 7.56. The Hall–Kier alpha value is -0.340. The predicted molar refractivity (Wildman–Crippen MR) is 83.1 cm³/mol. The van der Waals surface area contributed by atoms with Crippen LogP contribution in [0.1, 0.15) is 19.3 Å². The first-order valence-electron chi connectivity index (χ1n) is 6.29. The molecule has 2 N–H and O–H groups in total. The second kappa shape index (κ2) is 6.62. The van der Waals surface area contributed by atoms with Gasteiger partial charge in [-0.1, -0.05) is 18.0 Å². The van der Waals surface area contributed by atoms with E-state index < -0.39 is 10.2 Å². The molecule has 0 bridgehead atoms. The van der Waals surface area contributed by atoms with E-state index in [2.05, 4.69) is 20.7 Å². The Bertz CT molecular complexity index is 582. The lowest BCUT2D eigenvalue weighted by Crippen LogP contribution is -2.47. The summed E-state index contributed by atoms with van der Waals surface area (Å²) in [6, 6.07) is 4.50. The second-order valence-electron chi connectivity index (χ2n) is 4.68. The van der Waals surface area contributed by atoms with Gasteiger partial charge in [0.05, 0.1) is 17.3 Å². The van der Waals surface area contributed by atoms with Crippen LogP contribution in [0.4, 0.5) is 5.69 Å². The van der Waals surface area contributed by atoms with E-state index in [1.54, 1.807) is 18.2 Å². The van der Waals surface area contributed by atoms with Crippen molar-refractivity contribution >= 4 is 43.4 Å². The molecule has 1 unspecified atom stereocenters. The van der Waals surface area contributed by atoms with E-state index in [1.807, 2.05) is 0 Å². The molecule has 1 aromatic rings. The largest absolute Gasteiger partial charge is 0.395 e. The van der Waals surface area contributed by atoms with Gasteiger partial charge in [-0.3, -0.25) is 4.72 Å². The first-order valence-corrected chi connectivity index (χ1v) is 8.90. The fraction of sp³-hybridized carbons (Fsp3) is 0.500. The van der Waals surface area contributed by atoms with E-state index in [1.165, 1.54) is 4.31 Å². The third-order valence-electron chi connectivity index (χ3n) is 3.26. The summed E-state index contributed by atoms with van der Waals surface area (Å²) in [5, 5.41) is 9.74. The highest BCUT2D eigenvalue weighted by molar-refractivity contribution is 9.10. The lowest BCUT2D eigenvalue weighted by molar-refractivity contribution is 0.156. The molecule has 1 atom stereocenters. The van der Waals surface area contributed by atoms with Crippen LogP contribution in [0.3, 0.4) is 0 Å². The van der Waals surface area contributed by atoms with Gasteiger partial charge in [-0.25, -0.2) is 0 Å². The summed E-state index contributed by atoms with van der Waals surface area (Å²) in [6.07, 6.45) is 2.42. The fourth-order valence-electron chi connectivity index (χ4n) is 2.24. The van der Waals surface area contributed by atoms with Gasteiger partial charge in [0, 0.05) is 17.1 Å². The number of halogens is 2. The zero-order valence-electron chi connectivity index (χ0n) is 10.7. The molecular formula is C12H16BrClN2O3S. The predicted octanol–water partition coefficient (Wildman–Crippen LogP) is 2.61. The minimum Gasteiger partial charge on any atom is -0.395 e. The fourth-order valence-corrected chi connectivity index (χ4v) is 4.14. The SMILES string of the molecule is O=S(=O)(Nc1ccc(Br)c(Cl)c1)N1CCCCC1CO. The molecule has 112 valence electrons. The topological polar surface area (TPSA) is 69.6 Å². The van der Waals surface area contributed by atoms with E-state index in [9.17, 15) is 13.5 Å². The van der Waals surface area contributed by atoms with Crippen LogP contribution in [0.5, 0.6) is 0 Å². The summed E-state index contributed by atoms with van der Waals surface area (Å²) in [6.45, 7) is 0.257. The Morgan fingerprint density at radius 1 is 1.45 bits per heavy atom. The number of anilines is 1. The van der Waals surface area contributed by atoms with E-state index in [0.29, 0.717) is 28.1 Å². The maximum Gasteiger partial charge on any atom is 0.301 e. The molecule has 1 saturated heterocycles. The van der Waals surface area contributed by atoms with Gasteiger partial charge >= 0.3 is 10.2 Å². The molecule has 0 aliphatic carbocycles. The number of hydrogen-bond acceptors (Lipinski definition) is 3. The molecule has 1 heterocycles. The highest BCUT2D eigenvalue weighted by Crippen LogP contribution is 2.27. The van der Waals surface area contributed by atoms with Crippen LogP contribution in [0.25, 0.3) is 0 Å². The van der Waals surface area contributed by atoms with Crippen molar-refractivity contribution in [3.05, 3.63) is 27.7 Å². The van der Waals surface area contributed by atoms with Gasteiger partial charge in [0.1, 0.15) is 0 Å². The molecule has 1 aliphatic rings. The Kier molecular flexibility index (Phi) is 5.30. The maximum atomic E-state index is 12.4. The average molecular weight is 384 g/mol. The third-order valence-corrected chi connectivity index (χ3v) is 6.08. The lowest BCUT2D eigenvalue weighted by atomic mass is 10.1. The third kappa shape index (κ3) is 3.65. The Morgan fingerprint density at radius 2 is 2.20 bits per heavy atom. The molecule has 2 rings (SSSR count). The summed E-state index contributed by atoms with van der Waals surface area (Å²) < 4.78 is 29.3. The highest BCUT2D eigenvalue weighted by atomic mass is 79.9. The van der Waals surface area contributed by atoms with Crippen molar-refractivity contribution in [2.75, 3.05) is 17.9 Å². The smallest absolute Gasteiger partial charge is 0.301 e. The molecular weight excluding hydrogens is 368 g/mol. The maximum absolute atomic E-state index is 12.4. The Labute approximate surface area is 132 Å². The van der Waals surface area contributed by atoms with Crippen LogP contribution in [0.15, 0.2) is 22.7 Å². The minimum absolute atomic E-state index is 0.165. The van der Waals surface area contributed by atoms with Crippen LogP contribution in [-0.4, -0.2) is 37.0 Å². The van der Waals surface area contributed by atoms with Gasteiger partial charge in [-0.05, 0) is 47.0 Å². The first kappa shape index (κ1) is 16.0. The quantitative estimate of drug-likeness (QED) is 0.839. The molecule has 0 aromatic heterocycles. The van der Waals surface area contributed by atoms with Crippen molar-refractivity contribution in [3.63, 3.8) is 0 Å². The number of aliphatic hydroxyl groups is 1. The molecule has 0 amide bonds. The molecule has 20 heavy (non-hydrogen) atoms. The molecule has 0 spiro atoms. The zero-order chi connectivity index (χ0) is 14.8. The normalized spacial score (nSPS) is 20.9. The van der Waals surface area contributed by atoms with Crippen molar-refractivity contribution in [1.29, 1.82) is 0 Å². The summed E-state index contributed by atoms with van der Waals surface area (Å²) in [4.78, 5) is 0. The van der Waals surface area contributed by atoms with Gasteiger partial charge in [-0.2, -0.15) is 12.7 Å². The molecule has 1 aromatic carbocycles. The monoisotopic (exact) mass is 382 g/mol. The van der Waals surface area contributed by atoms with E-state index in [0.717, 1.165) is 12.8 Å². The number of aliphatic hydroxyl groups excluding tert-OH is 1. The number of rotatable bonds is 4. The number of nitrogens with one attached hydrogen (secondary N) is 1. The summed E-state index contributed by atoms with van der Waals surface area (Å²) in [5.74, 6) is 0. The zero-order valence-corrected chi connectivity index (χ0v) is 13.9. The molecule has 0 saturated carbocycles. The minimum atomic E-state index is -3.68. The van der Waals surface area contributed by atoms with Crippen LogP contribution in [0.2, 0.25) is 5.02 Å². The number of piperidine rings is 1. The van der Waals surface area contributed by atoms with Crippen molar-refractivity contribution in [1.82, 2.24) is 4.31 Å². The molecule has 5 nitrogen and oxygen atoms in total. The van der Waals surface area contributed by atoms with Crippen molar-refractivity contribution in [2.24, 2.45) is 0 Å². The van der Waals surface area contributed by atoms with Crippen LogP contribution >= 0.6 is 27.5 Å². The average Bonchev–Trinajstić information content (AvgIpc) is 2.42. The van der Waals surface area contributed by atoms with Gasteiger partial charge in [0.15, 0.2) is 0 Å². The molecule has 8 heteroatoms. The number of hydrogen-bond donors (Lipinski definition) is 2. The van der Waals surface area contributed by atoms with E-state index in [-0.39, 0.29) is 12.6 Å². The summed E-state index contributed by atoms with van der Waals surface area (Å²) >= 11 is 9.20. The lowest BCUT2D eigenvalue weighted by Gasteiger charge is -2.33. The van der Waals surface area contributed by atoms with Gasteiger partial charge in [-0.15, -0.1) is 0 Å². The number of benzene rings is 1. The Morgan fingerprint density at radius 3 is 2.85 bits per heavy atom. The van der Waals surface area contributed by atoms with Gasteiger partial charge in [0.2, 0.25) is 0 Å². The van der Waals surface area contributed by atoms with Gasteiger partial charge < -0.3 is 5.11 Å². The summed E-state index contributed by atoms with van der Waals surface area (Å²) in [7, 11) is -3.68. The molecule has 0 radical (unpaired) electrons. The van der Waals surface area contributed by atoms with Crippen molar-refractivity contribution in [3.8, 4) is 0 Å². The van der Waals surface area contributed by atoms with Crippen molar-refractivity contribution in [2.45, 2.75) is 25.3 Å². The van der Waals surface area contributed by atoms with Crippen LogP contribution in [-0.2, 0) is 10.2 Å². The summed E-state index contributed by atoms with van der Waals surface area (Å²) in [5.41, 5.74) is 0.403. The van der Waals surface area contributed by atoms with Gasteiger partial charge in [0.25, 0.3) is 0 Å². The standard InChI is InChI=1S/C12H16BrClN2O3S/c13-11-5-4-9(7-12(11)14)15-20(18,19)16-6-2-1-3-10(16)8-17/h4-5,7,10,15,17H,1-3,6,8H2. The molecule has 1 fully saturated rings. The van der Waals surface area contributed by atoms with Crippen LogP contribution in [0, 0.1) is 0 Å². The van der Waals surface area contributed by atoms with E-state index in [4.69, 9.17) is 11.6 Å². The van der Waals surface area contributed by atoms with Crippen molar-refractivity contribution < 1.29 is 13.5 Å². The first-order chi connectivity index (χ1) is 9.44.